The summed E-state index contributed by atoms with van der Waals surface area (Å²) in [5.41, 5.74) is 0. The van der Waals surface area contributed by atoms with Crippen LogP contribution in [0.15, 0.2) is 0 Å². The van der Waals surface area contributed by atoms with Crippen LogP contribution in [0.25, 0.3) is 0 Å². The van der Waals surface area contributed by atoms with Gasteiger partial charge in [-0.25, -0.2) is 0 Å². The molecule has 0 atom stereocenters. The van der Waals surface area contributed by atoms with Crippen LogP contribution in [-0.4, -0.2) is 12.1 Å². The predicted molar refractivity (Wildman–Crippen MR) is 41.1 cm³/mol. The number of rotatable bonds is 3. The van der Waals surface area contributed by atoms with E-state index in [0.29, 0.717) is 12.3 Å². The molecule has 0 bridgehead atoms. The van der Waals surface area contributed by atoms with Gasteiger partial charge in [0.2, 0.25) is 0 Å². The molecule has 0 saturated heterocycles. The molecule has 0 amide bonds. The summed E-state index contributed by atoms with van der Waals surface area (Å²) in [5, 5.41) is 0. The normalized spacial score (nSPS) is 24.4. The second-order valence-electron chi connectivity index (χ2n) is 3.69. The molecule has 0 aromatic carbocycles. The monoisotopic (exact) mass is 154 g/mol. The Bertz CT molecular complexity index is 157. The Labute approximate surface area is 66.9 Å². The molecule has 2 rings (SSSR count). The topological polar surface area (TPSA) is 26.3 Å². The van der Waals surface area contributed by atoms with E-state index in [2.05, 4.69) is 0 Å². The smallest absolute Gasteiger partial charge is 0.306 e. The molecule has 2 heteroatoms. The third-order valence-corrected chi connectivity index (χ3v) is 2.50. The van der Waals surface area contributed by atoms with Gasteiger partial charge < -0.3 is 4.74 Å². The summed E-state index contributed by atoms with van der Waals surface area (Å²) in [6, 6.07) is 0. The molecule has 0 aromatic rings. The van der Waals surface area contributed by atoms with E-state index in [0.717, 1.165) is 12.8 Å². The van der Waals surface area contributed by atoms with Gasteiger partial charge in [0.05, 0.1) is 0 Å². The van der Waals surface area contributed by atoms with Crippen molar-refractivity contribution in [1.29, 1.82) is 0 Å². The van der Waals surface area contributed by atoms with E-state index in [9.17, 15) is 4.79 Å². The second-order valence-corrected chi connectivity index (χ2v) is 3.69. The molecule has 2 nitrogen and oxygen atoms in total. The van der Waals surface area contributed by atoms with E-state index in [1.165, 1.54) is 19.3 Å². The molecule has 0 aliphatic heterocycles. The number of carbonyl (C=O) groups is 1. The molecule has 0 aromatic heterocycles. The maximum Gasteiger partial charge on any atom is 0.306 e. The molecule has 2 aliphatic rings. The van der Waals surface area contributed by atoms with E-state index in [1.807, 2.05) is 0 Å². The first-order chi connectivity index (χ1) is 5.34. The van der Waals surface area contributed by atoms with Crippen molar-refractivity contribution >= 4 is 5.97 Å². The Morgan fingerprint density at radius 2 is 2.00 bits per heavy atom. The average Bonchev–Trinajstić information content (AvgIpc) is 2.62. The molecular formula is C9H14O2. The van der Waals surface area contributed by atoms with Gasteiger partial charge in [-0.05, 0) is 38.0 Å². The zero-order valence-corrected chi connectivity index (χ0v) is 6.71. The fourth-order valence-corrected chi connectivity index (χ4v) is 1.28. The third-order valence-electron chi connectivity index (χ3n) is 2.50. The molecule has 2 aliphatic carbocycles. The Morgan fingerprint density at radius 1 is 1.27 bits per heavy atom. The molecule has 0 heterocycles. The lowest BCUT2D eigenvalue weighted by Gasteiger charge is -2.25. The summed E-state index contributed by atoms with van der Waals surface area (Å²) in [4.78, 5) is 11.1. The number of esters is 1. The first-order valence-corrected chi connectivity index (χ1v) is 4.54. The van der Waals surface area contributed by atoms with Crippen LogP contribution in [0.3, 0.4) is 0 Å². The van der Waals surface area contributed by atoms with Crippen LogP contribution < -0.4 is 0 Å². The Morgan fingerprint density at radius 3 is 2.45 bits per heavy atom. The van der Waals surface area contributed by atoms with Crippen molar-refractivity contribution in [3.63, 3.8) is 0 Å². The van der Waals surface area contributed by atoms with Crippen molar-refractivity contribution < 1.29 is 9.53 Å². The number of hydrogen-bond acceptors (Lipinski definition) is 2. The van der Waals surface area contributed by atoms with Crippen LogP contribution in [0, 0.1) is 5.92 Å². The van der Waals surface area contributed by atoms with Crippen molar-refractivity contribution in [1.82, 2.24) is 0 Å². The highest BCUT2D eigenvalue weighted by molar-refractivity contribution is 5.70. The molecule has 62 valence electrons. The van der Waals surface area contributed by atoms with Gasteiger partial charge in [-0.3, -0.25) is 4.79 Å². The summed E-state index contributed by atoms with van der Waals surface area (Å²) in [6.45, 7) is 0. The zero-order chi connectivity index (χ0) is 7.68. The molecule has 2 fully saturated rings. The van der Waals surface area contributed by atoms with Crippen LogP contribution in [0.2, 0.25) is 0 Å². The molecule has 0 unspecified atom stereocenters. The van der Waals surface area contributed by atoms with E-state index >= 15 is 0 Å². The largest absolute Gasteiger partial charge is 0.462 e. The van der Waals surface area contributed by atoms with Crippen LogP contribution in [-0.2, 0) is 9.53 Å². The summed E-state index contributed by atoms with van der Waals surface area (Å²) < 4.78 is 5.20. The summed E-state index contributed by atoms with van der Waals surface area (Å²) in [7, 11) is 0. The van der Waals surface area contributed by atoms with E-state index < -0.39 is 0 Å². The van der Waals surface area contributed by atoms with Crippen LogP contribution in [0.5, 0.6) is 0 Å². The predicted octanol–water partition coefficient (Wildman–Crippen LogP) is 1.88. The molecule has 2 saturated carbocycles. The fourth-order valence-electron chi connectivity index (χ4n) is 1.28. The quantitative estimate of drug-likeness (QED) is 0.580. The van der Waals surface area contributed by atoms with Crippen LogP contribution in [0.4, 0.5) is 0 Å². The number of ether oxygens (including phenoxy) is 1. The summed E-state index contributed by atoms with van der Waals surface area (Å²) in [5.74, 6) is 0.708. The van der Waals surface area contributed by atoms with Crippen molar-refractivity contribution in [2.75, 3.05) is 0 Å². The first-order valence-electron chi connectivity index (χ1n) is 4.54. The maximum atomic E-state index is 11.1. The lowest BCUT2D eigenvalue weighted by Crippen LogP contribution is -2.25. The minimum absolute atomic E-state index is 0.0391. The lowest BCUT2D eigenvalue weighted by molar-refractivity contribution is -0.153. The van der Waals surface area contributed by atoms with Crippen molar-refractivity contribution in [2.45, 2.75) is 44.6 Å². The van der Waals surface area contributed by atoms with Gasteiger partial charge in [-0.2, -0.15) is 0 Å². The van der Waals surface area contributed by atoms with E-state index in [4.69, 9.17) is 4.74 Å². The molecule has 0 radical (unpaired) electrons. The molecule has 11 heavy (non-hydrogen) atoms. The molecule has 0 N–H and O–H groups in total. The second kappa shape index (κ2) is 2.84. The standard InChI is InChI=1S/C9H14O2/c10-9(6-7-4-5-7)11-8-2-1-3-8/h7-8H,1-6H2. The summed E-state index contributed by atoms with van der Waals surface area (Å²) >= 11 is 0. The van der Waals surface area contributed by atoms with Crippen molar-refractivity contribution in [2.24, 2.45) is 5.92 Å². The third kappa shape index (κ3) is 1.95. The molecule has 0 spiro atoms. The van der Waals surface area contributed by atoms with Gasteiger partial charge in [-0.1, -0.05) is 0 Å². The van der Waals surface area contributed by atoms with Crippen molar-refractivity contribution in [3.8, 4) is 0 Å². The Balaban J connectivity index is 1.63. The lowest BCUT2D eigenvalue weighted by atomic mass is 9.96. The van der Waals surface area contributed by atoms with Gasteiger partial charge >= 0.3 is 5.97 Å². The average molecular weight is 154 g/mol. The van der Waals surface area contributed by atoms with E-state index in [-0.39, 0.29) is 12.1 Å². The molecular weight excluding hydrogens is 140 g/mol. The minimum atomic E-state index is 0.0391. The highest BCUT2D eigenvalue weighted by Crippen LogP contribution is 2.33. The highest BCUT2D eigenvalue weighted by Gasteiger charge is 2.28. The van der Waals surface area contributed by atoms with Crippen LogP contribution >= 0.6 is 0 Å². The SMILES string of the molecule is O=C(CC1CC1)OC1CCC1. The Hall–Kier alpha value is -0.530. The first kappa shape index (κ1) is 7.14. The summed E-state index contributed by atoms with van der Waals surface area (Å²) in [6.07, 6.45) is 6.85. The van der Waals surface area contributed by atoms with Gasteiger partial charge in [0.25, 0.3) is 0 Å². The number of carbonyl (C=O) groups excluding carboxylic acids is 1. The van der Waals surface area contributed by atoms with Gasteiger partial charge in [-0.15, -0.1) is 0 Å². The van der Waals surface area contributed by atoms with Gasteiger partial charge in [0, 0.05) is 6.42 Å². The van der Waals surface area contributed by atoms with Crippen LogP contribution in [0.1, 0.15) is 38.5 Å². The van der Waals surface area contributed by atoms with Gasteiger partial charge in [0.1, 0.15) is 6.10 Å². The highest BCUT2D eigenvalue weighted by atomic mass is 16.5. The minimum Gasteiger partial charge on any atom is -0.462 e. The zero-order valence-electron chi connectivity index (χ0n) is 6.71. The van der Waals surface area contributed by atoms with Gasteiger partial charge in [0.15, 0.2) is 0 Å². The van der Waals surface area contributed by atoms with Crippen molar-refractivity contribution in [3.05, 3.63) is 0 Å². The Kier molecular flexibility index (Phi) is 1.84. The fraction of sp³-hybridized carbons (Fsp3) is 0.889. The van der Waals surface area contributed by atoms with E-state index in [1.54, 1.807) is 0 Å². The number of hydrogen-bond donors (Lipinski definition) is 0. The maximum absolute atomic E-state index is 11.1.